The van der Waals surface area contributed by atoms with Crippen molar-refractivity contribution in [2.75, 3.05) is 26.2 Å². The Morgan fingerprint density at radius 3 is 2.43 bits per heavy atom. The molecule has 2 aromatic rings. The maximum Gasteiger partial charge on any atom is 0.405 e. The Hall–Kier alpha value is -3.28. The fourth-order valence-corrected chi connectivity index (χ4v) is 7.37. The van der Waals surface area contributed by atoms with Crippen LogP contribution in [0.25, 0.3) is 5.57 Å². The van der Waals surface area contributed by atoms with Gasteiger partial charge in [-0.1, -0.05) is 49.2 Å². The number of carbonyl (C=O) groups excluding carboxylic acids is 3. The van der Waals surface area contributed by atoms with Crippen molar-refractivity contribution in [3.8, 4) is 0 Å². The molecule has 12 heteroatoms. The second-order valence-electron chi connectivity index (χ2n) is 13.7. The standard InChI is InChI=1S/C34H37ClF4N4O3/c1-33(2)12-11-21(25(15-33)20-3-6-23(35)7-4-20)16-41-13-14-42(28(19-41)34(37,38)39)17-22-5-8-24-26(30(22)36)18-43(32(24)46)27-9-10-29(44)40-31(27)45/h3-8,27-28H,9-19H2,1-2H3,(H,40,44,45). The number of piperazine rings is 1. The highest BCUT2D eigenvalue weighted by Crippen LogP contribution is 2.44. The van der Waals surface area contributed by atoms with E-state index in [1.54, 1.807) is 0 Å². The van der Waals surface area contributed by atoms with Crippen LogP contribution in [0.2, 0.25) is 5.02 Å². The summed E-state index contributed by atoms with van der Waals surface area (Å²) in [4.78, 5) is 41.3. The first-order chi connectivity index (χ1) is 21.7. The Morgan fingerprint density at radius 1 is 1.00 bits per heavy atom. The largest absolute Gasteiger partial charge is 0.405 e. The number of piperidine rings is 1. The maximum atomic E-state index is 15.8. The van der Waals surface area contributed by atoms with Crippen molar-refractivity contribution in [3.63, 3.8) is 0 Å². The molecule has 3 aliphatic heterocycles. The van der Waals surface area contributed by atoms with Gasteiger partial charge in [0.1, 0.15) is 17.9 Å². The zero-order chi connectivity index (χ0) is 33.0. The molecule has 6 rings (SSSR count). The lowest BCUT2D eigenvalue weighted by Gasteiger charge is -2.43. The summed E-state index contributed by atoms with van der Waals surface area (Å²) in [5.74, 6) is -2.31. The summed E-state index contributed by atoms with van der Waals surface area (Å²) >= 11 is 6.12. The van der Waals surface area contributed by atoms with Crippen LogP contribution < -0.4 is 5.32 Å². The van der Waals surface area contributed by atoms with Gasteiger partial charge in [0, 0.05) is 60.9 Å². The van der Waals surface area contributed by atoms with E-state index < -0.39 is 41.8 Å². The Labute approximate surface area is 270 Å². The van der Waals surface area contributed by atoms with Gasteiger partial charge in [-0.3, -0.25) is 29.5 Å². The molecule has 0 radical (unpaired) electrons. The molecule has 7 nitrogen and oxygen atoms in total. The summed E-state index contributed by atoms with van der Waals surface area (Å²) in [6.07, 6.45) is -1.76. The number of hydrogen-bond donors (Lipinski definition) is 1. The smallest absolute Gasteiger partial charge is 0.322 e. The Morgan fingerprint density at radius 2 is 1.74 bits per heavy atom. The average Bonchev–Trinajstić information content (AvgIpc) is 3.32. The van der Waals surface area contributed by atoms with Crippen molar-refractivity contribution in [1.29, 1.82) is 0 Å². The number of rotatable bonds is 6. The third-order valence-electron chi connectivity index (χ3n) is 9.85. The number of alkyl halides is 3. The van der Waals surface area contributed by atoms with Crippen LogP contribution in [0, 0.1) is 11.2 Å². The predicted octanol–water partition coefficient (Wildman–Crippen LogP) is 5.95. The second-order valence-corrected chi connectivity index (χ2v) is 14.1. The average molecular weight is 661 g/mol. The third kappa shape index (κ3) is 6.59. The Balaban J connectivity index is 1.19. The molecule has 3 heterocycles. The summed E-state index contributed by atoms with van der Waals surface area (Å²) in [5.41, 5.74) is 3.65. The van der Waals surface area contributed by atoms with Gasteiger partial charge >= 0.3 is 6.18 Å². The molecule has 246 valence electrons. The molecule has 2 atom stereocenters. The molecule has 0 saturated carbocycles. The van der Waals surface area contributed by atoms with E-state index in [1.165, 1.54) is 27.5 Å². The lowest BCUT2D eigenvalue weighted by molar-refractivity contribution is -0.198. The minimum Gasteiger partial charge on any atom is -0.322 e. The highest BCUT2D eigenvalue weighted by atomic mass is 35.5. The van der Waals surface area contributed by atoms with Gasteiger partial charge in [-0.2, -0.15) is 13.2 Å². The minimum atomic E-state index is -4.54. The molecule has 0 bridgehead atoms. The van der Waals surface area contributed by atoms with Crippen molar-refractivity contribution < 1.29 is 31.9 Å². The van der Waals surface area contributed by atoms with Gasteiger partial charge in [-0.25, -0.2) is 4.39 Å². The SMILES string of the molecule is CC1(C)CCC(CN2CCN(Cc3ccc4c(c3F)CN(C3CCC(=O)NC3=O)C4=O)C(C(F)(F)F)C2)=C(c2ccc(Cl)cc2)C1. The van der Waals surface area contributed by atoms with Gasteiger partial charge in [0.25, 0.3) is 5.91 Å². The first-order valence-corrected chi connectivity index (χ1v) is 16.0. The summed E-state index contributed by atoms with van der Waals surface area (Å²) in [5, 5.41) is 2.84. The fraction of sp³-hybridized carbons (Fsp3) is 0.500. The number of hydrogen-bond acceptors (Lipinski definition) is 5. The van der Waals surface area contributed by atoms with Crippen molar-refractivity contribution in [3.05, 3.63) is 75.1 Å². The first-order valence-electron chi connectivity index (χ1n) is 15.6. The highest BCUT2D eigenvalue weighted by molar-refractivity contribution is 6.30. The van der Waals surface area contributed by atoms with E-state index >= 15 is 4.39 Å². The fourth-order valence-electron chi connectivity index (χ4n) is 7.25. The normalized spacial score (nSPS) is 24.4. The van der Waals surface area contributed by atoms with Crippen LogP contribution in [0.5, 0.6) is 0 Å². The molecule has 3 amide bonds. The quantitative estimate of drug-likeness (QED) is 0.306. The molecular weight excluding hydrogens is 624 g/mol. The summed E-state index contributed by atoms with van der Waals surface area (Å²) in [6.45, 7) is 4.64. The maximum absolute atomic E-state index is 15.8. The van der Waals surface area contributed by atoms with Gasteiger partial charge in [0.05, 0.1) is 6.54 Å². The number of halogens is 5. The summed E-state index contributed by atoms with van der Waals surface area (Å²) in [6, 6.07) is 7.70. The zero-order valence-corrected chi connectivity index (χ0v) is 26.6. The molecule has 1 N–H and O–H groups in total. The number of nitrogens with one attached hydrogen (secondary N) is 1. The predicted molar refractivity (Wildman–Crippen MR) is 165 cm³/mol. The van der Waals surface area contributed by atoms with Crippen molar-refractivity contribution in [2.45, 2.75) is 77.3 Å². The lowest BCUT2D eigenvalue weighted by Crippen LogP contribution is -2.58. The van der Waals surface area contributed by atoms with Crippen LogP contribution in [0.15, 0.2) is 42.0 Å². The molecule has 4 aliphatic rings. The van der Waals surface area contributed by atoms with Crippen LogP contribution >= 0.6 is 11.6 Å². The van der Waals surface area contributed by atoms with Gasteiger partial charge in [0.15, 0.2) is 0 Å². The van der Waals surface area contributed by atoms with Gasteiger partial charge in [0.2, 0.25) is 11.8 Å². The Kier molecular flexibility index (Phi) is 8.80. The number of imide groups is 1. The van der Waals surface area contributed by atoms with Gasteiger partial charge < -0.3 is 4.90 Å². The van der Waals surface area contributed by atoms with E-state index in [-0.39, 0.29) is 61.1 Å². The number of amides is 3. The number of allylic oxidation sites excluding steroid dienone is 1. The van der Waals surface area contributed by atoms with Crippen molar-refractivity contribution in [1.82, 2.24) is 20.0 Å². The number of fused-ring (bicyclic) bond motifs is 1. The molecule has 0 aromatic heterocycles. The van der Waals surface area contributed by atoms with Gasteiger partial charge in [-0.05, 0) is 60.4 Å². The molecule has 1 aliphatic carbocycles. The van der Waals surface area contributed by atoms with E-state index in [1.807, 2.05) is 29.2 Å². The van der Waals surface area contributed by atoms with Crippen molar-refractivity contribution in [2.24, 2.45) is 5.41 Å². The monoisotopic (exact) mass is 660 g/mol. The third-order valence-corrected chi connectivity index (χ3v) is 10.1. The summed E-state index contributed by atoms with van der Waals surface area (Å²) < 4.78 is 59.4. The minimum absolute atomic E-state index is 0.0623. The molecule has 0 spiro atoms. The van der Waals surface area contributed by atoms with E-state index in [0.29, 0.717) is 18.1 Å². The van der Waals surface area contributed by atoms with E-state index in [0.717, 1.165) is 30.4 Å². The second kappa shape index (κ2) is 12.4. The summed E-state index contributed by atoms with van der Waals surface area (Å²) in [7, 11) is 0. The number of nitrogens with zero attached hydrogens (tertiary/aromatic N) is 3. The highest BCUT2D eigenvalue weighted by Gasteiger charge is 2.47. The van der Waals surface area contributed by atoms with E-state index in [9.17, 15) is 27.6 Å². The van der Waals surface area contributed by atoms with Crippen LogP contribution in [0.1, 0.15) is 73.0 Å². The Bertz CT molecular complexity index is 1590. The van der Waals surface area contributed by atoms with E-state index in [4.69, 9.17) is 11.6 Å². The van der Waals surface area contributed by atoms with E-state index in [2.05, 4.69) is 19.2 Å². The topological polar surface area (TPSA) is 73.0 Å². The lowest BCUT2D eigenvalue weighted by atomic mass is 9.72. The molecular formula is C34H37ClF4N4O3. The molecule has 2 unspecified atom stereocenters. The number of carbonyl (C=O) groups is 3. The molecule has 46 heavy (non-hydrogen) atoms. The molecule has 2 fully saturated rings. The van der Waals surface area contributed by atoms with Crippen LogP contribution in [-0.2, 0) is 22.7 Å². The first kappa shape index (κ1) is 32.7. The van der Waals surface area contributed by atoms with Crippen LogP contribution in [-0.4, -0.2) is 76.9 Å². The molecule has 2 aromatic carbocycles. The van der Waals surface area contributed by atoms with Crippen LogP contribution in [0.3, 0.4) is 0 Å². The zero-order valence-electron chi connectivity index (χ0n) is 25.9. The van der Waals surface area contributed by atoms with Crippen LogP contribution in [0.4, 0.5) is 17.6 Å². The number of benzene rings is 2. The van der Waals surface area contributed by atoms with Crippen molar-refractivity contribution >= 4 is 34.9 Å². The van der Waals surface area contributed by atoms with Gasteiger partial charge in [-0.15, -0.1) is 0 Å². The molecule has 2 saturated heterocycles.